The highest BCUT2D eigenvalue weighted by Crippen LogP contribution is 2.27. The van der Waals surface area contributed by atoms with E-state index in [0.29, 0.717) is 0 Å². The number of methoxy groups -OCH3 is 1. The normalized spacial score (nSPS) is 15.7. The Bertz CT molecular complexity index is 836. The Labute approximate surface area is 141 Å². The average Bonchev–Trinajstić information content (AvgIpc) is 3.01. The highest BCUT2D eigenvalue weighted by Gasteiger charge is 2.22. The molecule has 0 bridgehead atoms. The highest BCUT2D eigenvalue weighted by atomic mass is 16.5. The van der Waals surface area contributed by atoms with Crippen molar-refractivity contribution in [2.24, 2.45) is 0 Å². The molecule has 5 nitrogen and oxygen atoms in total. The molecule has 0 amide bonds. The minimum Gasteiger partial charge on any atom is -0.497 e. The molecule has 0 atom stereocenters. The molecule has 0 aliphatic carbocycles. The molecule has 24 heavy (non-hydrogen) atoms. The zero-order valence-electron chi connectivity index (χ0n) is 14.0. The number of nitrogens with zero attached hydrogens (tertiary/aromatic N) is 2. The van der Waals surface area contributed by atoms with E-state index in [9.17, 15) is 0 Å². The lowest BCUT2D eigenvalue weighted by Crippen LogP contribution is -3.19. The number of hydrogen-bond acceptors (Lipinski definition) is 2. The number of nitrogens with two attached hydrogens (primary N) is 1. The Morgan fingerprint density at radius 2 is 2.04 bits per heavy atom. The van der Waals surface area contributed by atoms with E-state index in [1.165, 1.54) is 31.9 Å². The van der Waals surface area contributed by atoms with E-state index in [-0.39, 0.29) is 0 Å². The van der Waals surface area contributed by atoms with Gasteiger partial charge in [-0.05, 0) is 24.3 Å². The van der Waals surface area contributed by atoms with E-state index in [0.717, 1.165) is 29.2 Å². The number of piperazine rings is 1. The van der Waals surface area contributed by atoms with Gasteiger partial charge in [0.25, 0.3) is 0 Å². The van der Waals surface area contributed by atoms with E-state index in [1.54, 1.807) is 12.0 Å². The smallest absolute Gasteiger partial charge is 0.137 e. The van der Waals surface area contributed by atoms with Crippen LogP contribution in [0.15, 0.2) is 48.7 Å². The number of benzene rings is 1. The van der Waals surface area contributed by atoms with Crippen molar-refractivity contribution >= 4 is 5.65 Å². The van der Waals surface area contributed by atoms with Gasteiger partial charge in [-0.25, -0.2) is 4.98 Å². The first-order valence-electron chi connectivity index (χ1n) is 8.61. The minimum absolute atomic E-state index is 0.871. The molecule has 1 aliphatic heterocycles. The number of rotatable bonds is 4. The molecule has 1 aliphatic rings. The van der Waals surface area contributed by atoms with Crippen LogP contribution >= 0.6 is 0 Å². The molecule has 2 aromatic heterocycles. The van der Waals surface area contributed by atoms with Crippen LogP contribution in [0.1, 0.15) is 5.69 Å². The predicted molar refractivity (Wildman–Crippen MR) is 93.2 cm³/mol. The van der Waals surface area contributed by atoms with Gasteiger partial charge in [0.2, 0.25) is 0 Å². The maximum absolute atomic E-state index is 5.40. The molecule has 0 saturated carbocycles. The zero-order valence-corrected chi connectivity index (χ0v) is 14.0. The van der Waals surface area contributed by atoms with Crippen LogP contribution in [0, 0.1) is 0 Å². The van der Waals surface area contributed by atoms with Crippen LogP contribution in [0.25, 0.3) is 16.9 Å². The molecule has 3 heterocycles. The number of aromatic nitrogens is 2. The summed E-state index contributed by atoms with van der Waals surface area (Å²) in [4.78, 5) is 6.54. The second-order valence-corrected chi connectivity index (χ2v) is 6.36. The summed E-state index contributed by atoms with van der Waals surface area (Å²) >= 11 is 0. The summed E-state index contributed by atoms with van der Waals surface area (Å²) in [6.07, 6.45) is 2.12. The lowest BCUT2D eigenvalue weighted by Gasteiger charge is -2.22. The maximum atomic E-state index is 5.40. The van der Waals surface area contributed by atoms with Gasteiger partial charge in [0.05, 0.1) is 12.8 Å². The minimum atomic E-state index is 0.871. The zero-order chi connectivity index (χ0) is 16.4. The molecular formula is C19H24N4O+2. The van der Waals surface area contributed by atoms with Crippen LogP contribution in [-0.2, 0) is 6.54 Å². The van der Waals surface area contributed by atoms with Crippen molar-refractivity contribution in [3.05, 3.63) is 54.4 Å². The molecule has 1 saturated heterocycles. The molecule has 0 unspecified atom stereocenters. The molecule has 3 aromatic rings. The summed E-state index contributed by atoms with van der Waals surface area (Å²) in [5.74, 6) is 0.871. The van der Waals surface area contributed by atoms with Crippen LogP contribution in [0.3, 0.4) is 0 Å². The Morgan fingerprint density at radius 1 is 1.17 bits per heavy atom. The summed E-state index contributed by atoms with van der Waals surface area (Å²) in [6, 6.07) is 14.4. The molecule has 0 spiro atoms. The summed E-state index contributed by atoms with van der Waals surface area (Å²) in [5.41, 5.74) is 4.49. The number of pyridine rings is 1. The van der Waals surface area contributed by atoms with Gasteiger partial charge in [0, 0.05) is 11.8 Å². The number of nitrogens with one attached hydrogen (secondary N) is 1. The lowest BCUT2D eigenvalue weighted by atomic mass is 10.1. The molecular weight excluding hydrogens is 300 g/mol. The number of quaternary nitrogens is 2. The first kappa shape index (κ1) is 15.2. The molecule has 1 fully saturated rings. The van der Waals surface area contributed by atoms with E-state index in [1.807, 2.05) is 18.2 Å². The highest BCUT2D eigenvalue weighted by molar-refractivity contribution is 5.67. The Balaban J connectivity index is 1.79. The number of fused-ring (bicyclic) bond motifs is 1. The fourth-order valence-electron chi connectivity index (χ4n) is 3.51. The number of hydrogen-bond donors (Lipinski definition) is 2. The lowest BCUT2D eigenvalue weighted by molar-refractivity contribution is -0.958. The fourth-order valence-corrected chi connectivity index (χ4v) is 3.51. The van der Waals surface area contributed by atoms with Crippen molar-refractivity contribution in [1.29, 1.82) is 0 Å². The van der Waals surface area contributed by atoms with Crippen molar-refractivity contribution < 1.29 is 15.0 Å². The van der Waals surface area contributed by atoms with Crippen molar-refractivity contribution in [2.45, 2.75) is 6.54 Å². The molecule has 124 valence electrons. The van der Waals surface area contributed by atoms with E-state index in [2.05, 4.69) is 40.2 Å². The van der Waals surface area contributed by atoms with Gasteiger partial charge in [-0.15, -0.1) is 0 Å². The van der Waals surface area contributed by atoms with Crippen molar-refractivity contribution in [1.82, 2.24) is 9.38 Å². The quantitative estimate of drug-likeness (QED) is 0.708. The summed E-state index contributed by atoms with van der Waals surface area (Å²) in [7, 11) is 1.71. The van der Waals surface area contributed by atoms with Gasteiger partial charge in [0.1, 0.15) is 49.8 Å². The molecule has 5 heteroatoms. The van der Waals surface area contributed by atoms with Crippen LogP contribution in [0.5, 0.6) is 5.75 Å². The van der Waals surface area contributed by atoms with Crippen LogP contribution in [-0.4, -0.2) is 42.7 Å². The third-order valence-corrected chi connectivity index (χ3v) is 4.79. The van der Waals surface area contributed by atoms with Gasteiger partial charge >= 0.3 is 0 Å². The van der Waals surface area contributed by atoms with Gasteiger partial charge in [-0.2, -0.15) is 0 Å². The Hall–Kier alpha value is -2.37. The largest absolute Gasteiger partial charge is 0.497 e. The Kier molecular flexibility index (Phi) is 4.19. The summed E-state index contributed by atoms with van der Waals surface area (Å²) < 4.78 is 7.63. The van der Waals surface area contributed by atoms with Crippen molar-refractivity contribution in [3.8, 4) is 17.0 Å². The third kappa shape index (κ3) is 2.88. The van der Waals surface area contributed by atoms with E-state index < -0.39 is 0 Å². The maximum Gasteiger partial charge on any atom is 0.137 e. The first-order chi connectivity index (χ1) is 11.8. The van der Waals surface area contributed by atoms with Crippen molar-refractivity contribution in [2.75, 3.05) is 33.3 Å². The monoisotopic (exact) mass is 324 g/mol. The van der Waals surface area contributed by atoms with Crippen LogP contribution in [0.4, 0.5) is 0 Å². The van der Waals surface area contributed by atoms with E-state index >= 15 is 0 Å². The predicted octanol–water partition coefficient (Wildman–Crippen LogP) is -0.0282. The first-order valence-corrected chi connectivity index (χ1v) is 8.61. The average molecular weight is 324 g/mol. The molecule has 1 aromatic carbocycles. The van der Waals surface area contributed by atoms with E-state index in [4.69, 9.17) is 9.72 Å². The van der Waals surface area contributed by atoms with Crippen molar-refractivity contribution in [3.63, 3.8) is 0 Å². The van der Waals surface area contributed by atoms with Gasteiger partial charge < -0.3 is 15.0 Å². The van der Waals surface area contributed by atoms with Gasteiger partial charge in [0.15, 0.2) is 0 Å². The van der Waals surface area contributed by atoms with Crippen LogP contribution < -0.4 is 15.0 Å². The Morgan fingerprint density at radius 3 is 2.88 bits per heavy atom. The molecule has 0 radical (unpaired) electrons. The second-order valence-electron chi connectivity index (χ2n) is 6.36. The topological polar surface area (TPSA) is 47.6 Å². The fraction of sp³-hybridized carbons (Fsp3) is 0.316. The SMILES string of the molecule is COc1cccc(-c2nc3ccccn3c2C[NH+]2CC[NH2+]CC2)c1. The summed E-state index contributed by atoms with van der Waals surface area (Å²) in [6.45, 7) is 5.84. The summed E-state index contributed by atoms with van der Waals surface area (Å²) in [5, 5.41) is 2.40. The van der Waals surface area contributed by atoms with Gasteiger partial charge in [-0.3, -0.25) is 4.40 Å². The molecule has 3 N–H and O–H groups in total. The number of imidazole rings is 1. The van der Waals surface area contributed by atoms with Crippen LogP contribution in [0.2, 0.25) is 0 Å². The third-order valence-electron chi connectivity index (χ3n) is 4.79. The number of ether oxygens (including phenoxy) is 1. The second kappa shape index (κ2) is 6.63. The standard InChI is InChI=1S/C19H22N4O/c1-24-16-6-4-5-15(13-16)19-17(14-22-11-8-20-9-12-22)23-10-3-2-7-18(23)21-19/h2-7,10,13,20H,8-9,11-12,14H2,1H3/p+2. The van der Waals surface area contributed by atoms with Gasteiger partial charge in [-0.1, -0.05) is 18.2 Å². The molecule has 4 rings (SSSR count).